The Morgan fingerprint density at radius 1 is 1.69 bits per heavy atom. The molecule has 1 aromatic rings. The maximum Gasteiger partial charge on any atom is 0.308 e. The molecule has 1 heterocycles. The molecular formula is C9H12O3S. The monoisotopic (exact) mass is 200 g/mol. The Morgan fingerprint density at radius 2 is 2.38 bits per heavy atom. The van der Waals surface area contributed by atoms with Crippen molar-refractivity contribution in [3.8, 4) is 0 Å². The molecule has 0 saturated carbocycles. The van der Waals surface area contributed by atoms with Crippen molar-refractivity contribution in [2.24, 2.45) is 0 Å². The number of aliphatic hydroxyl groups excluding tert-OH is 1. The molecule has 0 fully saturated rings. The van der Waals surface area contributed by atoms with Crippen LogP contribution >= 0.6 is 11.3 Å². The largest absolute Gasteiger partial charge is 0.469 e. The first-order valence-electron chi connectivity index (χ1n) is 3.92. The zero-order valence-corrected chi connectivity index (χ0v) is 8.43. The Morgan fingerprint density at radius 3 is 2.85 bits per heavy atom. The molecule has 3 nitrogen and oxygen atoms in total. The first-order valence-corrected chi connectivity index (χ1v) is 4.87. The lowest BCUT2D eigenvalue weighted by Gasteiger charge is -2.08. The third kappa shape index (κ3) is 2.54. The normalized spacial score (nSPS) is 12.5. The number of thiophene rings is 1. The third-order valence-corrected chi connectivity index (χ3v) is 2.72. The Bertz CT molecular complexity index is 293. The van der Waals surface area contributed by atoms with Gasteiger partial charge in [-0.2, -0.15) is 11.3 Å². The van der Waals surface area contributed by atoms with Crippen LogP contribution in [0.25, 0.3) is 0 Å². The van der Waals surface area contributed by atoms with Crippen LogP contribution in [0.2, 0.25) is 0 Å². The predicted octanol–water partition coefficient (Wildman–Crippen LogP) is 1.65. The summed E-state index contributed by atoms with van der Waals surface area (Å²) in [5.41, 5.74) is 1.83. The molecule has 1 aromatic heterocycles. The van der Waals surface area contributed by atoms with Crippen LogP contribution in [0, 0.1) is 6.92 Å². The summed E-state index contributed by atoms with van der Waals surface area (Å²) in [5.74, 6) is -0.391. The second-order valence-electron chi connectivity index (χ2n) is 2.81. The van der Waals surface area contributed by atoms with E-state index in [0.717, 1.165) is 11.1 Å². The molecule has 0 bridgehead atoms. The van der Waals surface area contributed by atoms with Crippen LogP contribution in [-0.2, 0) is 9.53 Å². The van der Waals surface area contributed by atoms with Gasteiger partial charge in [0.1, 0.15) is 0 Å². The highest BCUT2D eigenvalue weighted by Gasteiger charge is 2.15. The zero-order chi connectivity index (χ0) is 9.84. The number of aryl methyl sites for hydroxylation is 1. The van der Waals surface area contributed by atoms with Gasteiger partial charge < -0.3 is 9.84 Å². The molecule has 0 aliphatic heterocycles. The van der Waals surface area contributed by atoms with Gasteiger partial charge in [-0.1, -0.05) is 0 Å². The molecule has 0 aromatic carbocycles. The molecule has 0 radical (unpaired) electrons. The first-order chi connectivity index (χ1) is 6.15. The average molecular weight is 200 g/mol. The van der Waals surface area contributed by atoms with Crippen LogP contribution in [0.15, 0.2) is 10.8 Å². The molecule has 0 amide bonds. The molecular weight excluding hydrogens is 188 g/mol. The summed E-state index contributed by atoms with van der Waals surface area (Å²) >= 11 is 1.52. The summed E-state index contributed by atoms with van der Waals surface area (Å²) in [6.07, 6.45) is -0.715. The van der Waals surface area contributed by atoms with Crippen LogP contribution < -0.4 is 0 Å². The van der Waals surface area contributed by atoms with Gasteiger partial charge in [0.15, 0.2) is 0 Å². The van der Waals surface area contributed by atoms with Crippen molar-refractivity contribution in [3.05, 3.63) is 21.9 Å². The van der Waals surface area contributed by atoms with Gasteiger partial charge in [0.25, 0.3) is 0 Å². The van der Waals surface area contributed by atoms with E-state index >= 15 is 0 Å². The number of ether oxygens (including phenoxy) is 1. The molecule has 0 spiro atoms. The third-order valence-electron chi connectivity index (χ3n) is 1.84. The molecule has 4 heteroatoms. The van der Waals surface area contributed by atoms with E-state index in [4.69, 9.17) is 0 Å². The smallest absolute Gasteiger partial charge is 0.308 e. The van der Waals surface area contributed by atoms with Crippen LogP contribution in [0.1, 0.15) is 23.7 Å². The summed E-state index contributed by atoms with van der Waals surface area (Å²) < 4.78 is 4.46. The van der Waals surface area contributed by atoms with Gasteiger partial charge in [-0.3, -0.25) is 4.79 Å². The topological polar surface area (TPSA) is 46.5 Å². The average Bonchev–Trinajstić information content (AvgIpc) is 2.51. The van der Waals surface area contributed by atoms with Gasteiger partial charge in [-0.25, -0.2) is 0 Å². The summed E-state index contributed by atoms with van der Waals surface area (Å²) in [5, 5.41) is 13.4. The molecule has 1 N–H and O–H groups in total. The number of carbonyl (C=O) groups excluding carboxylic acids is 1. The van der Waals surface area contributed by atoms with Gasteiger partial charge >= 0.3 is 5.97 Å². The Labute approximate surface area is 81.0 Å². The predicted molar refractivity (Wildman–Crippen MR) is 50.6 cm³/mol. The van der Waals surface area contributed by atoms with Crippen molar-refractivity contribution >= 4 is 17.3 Å². The summed E-state index contributed by atoms with van der Waals surface area (Å²) in [6.45, 7) is 1.91. The number of methoxy groups -OCH3 is 1. The van der Waals surface area contributed by atoms with E-state index in [1.807, 2.05) is 17.7 Å². The fourth-order valence-corrected chi connectivity index (χ4v) is 1.96. The highest BCUT2D eigenvalue weighted by atomic mass is 32.1. The molecule has 72 valence electrons. The van der Waals surface area contributed by atoms with E-state index < -0.39 is 12.1 Å². The fraction of sp³-hybridized carbons (Fsp3) is 0.444. The number of carbonyl (C=O) groups is 1. The molecule has 0 aliphatic carbocycles. The molecule has 1 rings (SSSR count). The second-order valence-corrected chi connectivity index (χ2v) is 3.55. The van der Waals surface area contributed by atoms with E-state index in [1.165, 1.54) is 18.4 Å². The molecule has 13 heavy (non-hydrogen) atoms. The quantitative estimate of drug-likeness (QED) is 0.755. The van der Waals surface area contributed by atoms with E-state index in [2.05, 4.69) is 4.74 Å². The van der Waals surface area contributed by atoms with Crippen molar-refractivity contribution in [1.29, 1.82) is 0 Å². The van der Waals surface area contributed by atoms with Crippen molar-refractivity contribution in [3.63, 3.8) is 0 Å². The highest BCUT2D eigenvalue weighted by Crippen LogP contribution is 2.24. The number of esters is 1. The van der Waals surface area contributed by atoms with Crippen LogP contribution in [0.5, 0.6) is 0 Å². The van der Waals surface area contributed by atoms with E-state index in [0.29, 0.717) is 0 Å². The summed E-state index contributed by atoms with van der Waals surface area (Å²) in [6, 6.07) is 0. The van der Waals surface area contributed by atoms with Gasteiger partial charge in [0, 0.05) is 0 Å². The Balaban J connectivity index is 2.63. The number of hydrogen-bond donors (Lipinski definition) is 1. The van der Waals surface area contributed by atoms with Crippen LogP contribution in [-0.4, -0.2) is 18.2 Å². The Hall–Kier alpha value is -0.870. The molecule has 1 atom stereocenters. The standard InChI is InChI=1S/C9H12O3S/c1-6-4-13-5-7(6)8(10)3-9(11)12-2/h4-5,8,10H,3H2,1-2H3/t8-/m0/s1. The molecule has 0 aliphatic rings. The molecule has 0 unspecified atom stereocenters. The molecule has 0 saturated heterocycles. The fourth-order valence-electron chi connectivity index (χ4n) is 1.06. The highest BCUT2D eigenvalue weighted by molar-refractivity contribution is 7.08. The van der Waals surface area contributed by atoms with Crippen molar-refractivity contribution in [1.82, 2.24) is 0 Å². The van der Waals surface area contributed by atoms with Gasteiger partial charge in [0.2, 0.25) is 0 Å². The van der Waals surface area contributed by atoms with Gasteiger partial charge in [-0.05, 0) is 28.8 Å². The number of aliphatic hydroxyl groups is 1. The number of rotatable bonds is 3. The van der Waals surface area contributed by atoms with Crippen LogP contribution in [0.3, 0.4) is 0 Å². The minimum Gasteiger partial charge on any atom is -0.469 e. The first kappa shape index (κ1) is 10.2. The van der Waals surface area contributed by atoms with E-state index in [-0.39, 0.29) is 6.42 Å². The number of hydrogen-bond acceptors (Lipinski definition) is 4. The van der Waals surface area contributed by atoms with Crippen molar-refractivity contribution in [2.75, 3.05) is 7.11 Å². The lowest BCUT2D eigenvalue weighted by atomic mass is 10.1. The zero-order valence-electron chi connectivity index (χ0n) is 7.61. The minimum absolute atomic E-state index is 0.0219. The van der Waals surface area contributed by atoms with Crippen molar-refractivity contribution in [2.45, 2.75) is 19.4 Å². The van der Waals surface area contributed by atoms with Crippen LogP contribution in [0.4, 0.5) is 0 Å². The van der Waals surface area contributed by atoms with Gasteiger partial charge in [-0.15, -0.1) is 0 Å². The second kappa shape index (κ2) is 4.39. The van der Waals surface area contributed by atoms with Crippen molar-refractivity contribution < 1.29 is 14.6 Å². The summed E-state index contributed by atoms with van der Waals surface area (Å²) in [7, 11) is 1.32. The maximum absolute atomic E-state index is 10.8. The maximum atomic E-state index is 10.8. The Kier molecular flexibility index (Phi) is 3.45. The van der Waals surface area contributed by atoms with E-state index in [1.54, 1.807) is 0 Å². The SMILES string of the molecule is COC(=O)C[C@H](O)c1cscc1C. The lowest BCUT2D eigenvalue weighted by Crippen LogP contribution is -2.08. The minimum atomic E-state index is -0.737. The van der Waals surface area contributed by atoms with Gasteiger partial charge in [0.05, 0.1) is 19.6 Å². The lowest BCUT2D eigenvalue weighted by molar-refractivity contribution is -0.142. The van der Waals surface area contributed by atoms with E-state index in [9.17, 15) is 9.90 Å². The summed E-state index contributed by atoms with van der Waals surface area (Å²) in [4.78, 5) is 10.8.